The first-order valence-corrected chi connectivity index (χ1v) is 46.3. The van der Waals surface area contributed by atoms with Gasteiger partial charge in [-0.2, -0.15) is 14.0 Å². The molecule has 7 atom stereocenters. The van der Waals surface area contributed by atoms with Crippen LogP contribution >= 0.6 is 0 Å². The summed E-state index contributed by atoms with van der Waals surface area (Å²) in [5.74, 6) is -19.0. The van der Waals surface area contributed by atoms with Crippen molar-refractivity contribution >= 4 is 102 Å². The minimum Gasteiger partial charge on any atom is -0.507 e. The smallest absolute Gasteiger partial charge is 0.330 e. The van der Waals surface area contributed by atoms with E-state index in [9.17, 15) is 72.1 Å². The molecule has 0 spiro atoms. The number of carbonyl (C=O) groups is 6. The molecule has 0 aliphatic carbocycles. The zero-order valence-electron chi connectivity index (χ0n) is 80.9. The van der Waals surface area contributed by atoms with Gasteiger partial charge in [-0.05, 0) is 167 Å². The van der Waals surface area contributed by atoms with E-state index < -0.39 is 251 Å². The Morgan fingerprint density at radius 2 is 0.781 bits per heavy atom. The molecule has 5 amide bonds. The van der Waals surface area contributed by atoms with E-state index in [0.717, 1.165) is 99.7 Å². The lowest BCUT2D eigenvalue weighted by molar-refractivity contribution is -0.144. The van der Waals surface area contributed by atoms with Gasteiger partial charge >= 0.3 is 12.5 Å². The van der Waals surface area contributed by atoms with Crippen LogP contribution in [0.15, 0.2) is 162 Å². The highest BCUT2D eigenvalue weighted by Crippen LogP contribution is 2.53. The van der Waals surface area contributed by atoms with Gasteiger partial charge < -0.3 is 54.4 Å². The molecule has 0 bridgehead atoms. The summed E-state index contributed by atoms with van der Waals surface area (Å²) in [4.78, 5) is 148. The molecule has 3 fully saturated rings. The number of nitrogens with zero attached hydrogens (tertiary/aromatic N) is 16. The largest absolute Gasteiger partial charge is 0.507 e. The molecule has 6 aromatic carbocycles. The normalized spacial score (nSPS) is 17.9. The first-order valence-electron chi connectivity index (χ1n) is 46.3. The van der Waals surface area contributed by atoms with Gasteiger partial charge in [0.2, 0.25) is 17.7 Å². The predicted molar refractivity (Wildman–Crippen MR) is 523 cm³/mol. The minimum atomic E-state index is -3.57. The summed E-state index contributed by atoms with van der Waals surface area (Å²) in [7, 11) is 1.14. The molecule has 0 radical (unpaired) electrons. The molecule has 0 saturated carbocycles. The third kappa shape index (κ3) is 16.5. The first kappa shape index (κ1) is 103. The van der Waals surface area contributed by atoms with Crippen molar-refractivity contribution in [2.45, 2.75) is 150 Å². The summed E-state index contributed by atoms with van der Waals surface area (Å²) in [6, 6.07) is 10.1. The summed E-state index contributed by atoms with van der Waals surface area (Å²) in [5, 5.41) is 41.3. The molecular weight excluding hydrogens is 1920 g/mol. The highest BCUT2D eigenvalue weighted by Gasteiger charge is 2.55. The fourth-order valence-corrected chi connectivity index (χ4v) is 20.9. The number of piperazine rings is 3. The second kappa shape index (κ2) is 39.4. The highest BCUT2D eigenvalue weighted by atomic mass is 19.3. The minimum absolute atomic E-state index is 0.00179. The summed E-state index contributed by atoms with van der Waals surface area (Å²) in [5.41, 5.74) is -9.12. The number of pyridine rings is 6. The number of nitriles is 1. The molecule has 6 aromatic heterocycles. The topological polar surface area (TPSA) is 330 Å². The number of phenols is 3. The van der Waals surface area contributed by atoms with E-state index in [1.807, 2.05) is 13.8 Å². The zero-order valence-corrected chi connectivity index (χ0v) is 80.9. The van der Waals surface area contributed by atoms with Gasteiger partial charge in [-0.1, -0.05) is 79.5 Å². The number of halogens is 12. The van der Waals surface area contributed by atoms with E-state index >= 15 is 44.3 Å². The van der Waals surface area contributed by atoms with E-state index in [1.54, 1.807) is 92.5 Å². The van der Waals surface area contributed by atoms with Crippen molar-refractivity contribution in [2.24, 2.45) is 0 Å². The van der Waals surface area contributed by atoms with Crippen molar-refractivity contribution in [3.05, 3.63) is 265 Å². The quantitative estimate of drug-likeness (QED) is 0.0266. The lowest BCUT2D eigenvalue weighted by Gasteiger charge is -2.54. The molecule has 6 aliphatic heterocycles. The van der Waals surface area contributed by atoms with Crippen LogP contribution < -0.4 is 46.1 Å². The Kier molecular flexibility index (Phi) is 27.7. The van der Waals surface area contributed by atoms with Crippen molar-refractivity contribution in [3.8, 4) is 73.9 Å². The first-order chi connectivity index (χ1) is 69.3. The predicted octanol–water partition coefficient (Wildman–Crippen LogP) is 16.3. The Bertz CT molecular complexity index is 7760. The molecule has 6 aliphatic rings. The van der Waals surface area contributed by atoms with Crippen LogP contribution in [0.25, 0.3) is 83.2 Å². The van der Waals surface area contributed by atoms with Gasteiger partial charge in [0.1, 0.15) is 94.0 Å². The van der Waals surface area contributed by atoms with Crippen molar-refractivity contribution in [3.63, 3.8) is 0 Å². The maximum absolute atomic E-state index is 17.4. The number of methoxy groups -OCH3 is 1. The number of aryl methyl sites for hydroxylation is 3. The van der Waals surface area contributed by atoms with Crippen molar-refractivity contribution in [2.75, 3.05) is 89.0 Å². The number of alkyl halides is 3. The third-order valence-electron chi connectivity index (χ3n) is 27.4. The van der Waals surface area contributed by atoms with Gasteiger partial charge in [-0.15, -0.1) is 0 Å². The highest BCUT2D eigenvalue weighted by molar-refractivity contribution is 6.16. The maximum Gasteiger partial charge on any atom is 0.330 e. The third-order valence-corrected chi connectivity index (χ3v) is 27.4. The van der Waals surface area contributed by atoms with Crippen LogP contribution in [0.4, 0.5) is 86.8 Å². The van der Waals surface area contributed by atoms with E-state index in [-0.39, 0.29) is 118 Å². The van der Waals surface area contributed by atoms with Crippen LogP contribution in [0.2, 0.25) is 0 Å². The average molecular weight is 2020 g/mol. The lowest BCUT2D eigenvalue weighted by atomic mass is 9.91. The van der Waals surface area contributed by atoms with Crippen LogP contribution in [0, 0.1) is 84.6 Å². The Morgan fingerprint density at radius 1 is 0.452 bits per heavy atom. The molecule has 12 heterocycles. The molecule has 7 unspecified atom stereocenters. The summed E-state index contributed by atoms with van der Waals surface area (Å²) < 4.78 is 199. The molecule has 12 aromatic rings. The molecule has 146 heavy (non-hydrogen) atoms. The van der Waals surface area contributed by atoms with Gasteiger partial charge in [-0.3, -0.25) is 67.0 Å². The second-order valence-electron chi connectivity index (χ2n) is 37.1. The fourth-order valence-electron chi connectivity index (χ4n) is 20.9. The van der Waals surface area contributed by atoms with Crippen LogP contribution in [-0.4, -0.2) is 203 Å². The number of hydrogen-bond acceptors (Lipinski definition) is 21. The Balaban J connectivity index is 0.000000157. The number of aromatic hydroxyl groups is 3. The number of benzene rings is 6. The summed E-state index contributed by atoms with van der Waals surface area (Å²) >= 11 is 0. The lowest BCUT2D eigenvalue weighted by Crippen LogP contribution is -2.70. The van der Waals surface area contributed by atoms with Crippen molar-refractivity contribution in [1.82, 2.24) is 43.4 Å². The fraction of sp³-hybridized carbons (Fsp3) is 0.305. The number of hydrogen-bond donors (Lipinski definition) is 3. The summed E-state index contributed by atoms with van der Waals surface area (Å²) in [6.45, 7) is 25.2. The number of aromatic nitrogens is 6. The number of phenolic OH excluding ortho intramolecular Hbond substituents is 3. The van der Waals surface area contributed by atoms with E-state index in [4.69, 9.17) is 4.74 Å². The zero-order chi connectivity index (χ0) is 106. The average Bonchev–Trinajstić information content (AvgIpc) is 0.697. The molecular formula is C105H96F12N16O13. The molecule has 29 nitrogen and oxygen atoms in total. The van der Waals surface area contributed by atoms with E-state index in [0.29, 0.717) is 33.0 Å². The Morgan fingerprint density at radius 3 is 1.11 bits per heavy atom. The van der Waals surface area contributed by atoms with Crippen LogP contribution in [0.1, 0.15) is 114 Å². The second-order valence-corrected chi connectivity index (χ2v) is 37.1. The SMILES string of the molecule is C=CC(=O)N1CC2C(=O)N(C#N)c3c(c4cc(F)c(-c5c(O)cccc5F)c(F)c4n(-c4c(C)ccnc4C(C)C)c3=O)N2CC1C.C=CC(=O)N1CC2C(=O)N(C(F)F)c3c(c4cc(F)c(-c5c(O)cccc5F)c(F)c4n(-c4c(C)ccnc4C(C)C)c3=O)N2CC1C.C=CC(=O)N1CC2C(C(=O)OC)N(CCF)c3c(c4cc(F)c(-c5c(O)cccc5F)c(F)c4n(-c4c(C)ccnc4C(C)C)c3=O)N2CC1C. The number of amides is 5. The number of rotatable bonds is 16. The molecule has 41 heteroatoms. The molecule has 758 valence electrons. The monoisotopic (exact) mass is 2020 g/mol. The van der Waals surface area contributed by atoms with Crippen molar-refractivity contribution < 1.29 is 102 Å². The maximum atomic E-state index is 17.4. The molecule has 3 N–H and O–H groups in total. The Hall–Kier alpha value is -16.3. The number of ether oxygens (including phenoxy) is 1. The Labute approximate surface area is 825 Å². The van der Waals surface area contributed by atoms with Gasteiger partial charge in [0.15, 0.2) is 23.6 Å². The number of fused-ring (bicyclic) bond motifs is 15. The van der Waals surface area contributed by atoms with Gasteiger partial charge in [-0.25, -0.2) is 58.5 Å². The summed E-state index contributed by atoms with van der Waals surface area (Å²) in [6.07, 6.45) is 9.48. The number of carbonyl (C=O) groups excluding carboxylic acids is 6. The van der Waals surface area contributed by atoms with Gasteiger partial charge in [0.25, 0.3) is 28.5 Å². The van der Waals surface area contributed by atoms with Gasteiger partial charge in [0, 0.05) is 85.6 Å². The van der Waals surface area contributed by atoms with E-state index in [1.165, 1.54) is 66.2 Å². The van der Waals surface area contributed by atoms with Crippen LogP contribution in [0.3, 0.4) is 0 Å². The molecule has 3 saturated heterocycles. The standard InChI is InChI=1S/C37H37F4N5O5.C34H30F5N5O4.C34H29F3N6O4/c1-7-26(48)44-17-24-34(37(50)51-6)43(14-12-38)35-33(45(24)16-20(44)5)21-15-23(40)28(27-22(39)9-8-10-25(27)47)29(41)32(21)46(36(35)49)31-19(4)11-13-42-30(31)18(2)3;1-6-23(46)41-14-21-32(47)44(34(38)39)31-30(42(21)13-17(41)5)18-12-20(36)25(24-19(35)8-7-9-22(24)45)26(37)29(18)43(33(31)48)28-16(4)10-11-40-27(28)15(2)3;1-6-24(45)40-14-22-33(46)42(15-38)32-31(41(22)13-18(40)5)19-12-21(36)26(25-20(35)8-7-9-23(25)44)27(37)30(19)43(34(32)47)29-17(4)10-11-39-28(29)16(2)3/h7-11,13,15,18,20,24,34,47H,1,12,14,16-17H2,2-6H3;6-12,15,17,21,34,45H,1,13-14H2,2-5H3;6-12,16,18,22,44H,1,13-14H2,2-5H3. The van der Waals surface area contributed by atoms with E-state index in [2.05, 4.69) is 34.7 Å². The van der Waals surface area contributed by atoms with Crippen LogP contribution in [0.5, 0.6) is 17.2 Å². The number of anilines is 6. The molecule has 18 rings (SSSR count). The van der Waals surface area contributed by atoms with Crippen molar-refractivity contribution in [1.29, 1.82) is 5.26 Å². The van der Waals surface area contributed by atoms with Gasteiger partial charge in [0.05, 0.1) is 127 Å². The van der Waals surface area contributed by atoms with Crippen LogP contribution in [-0.2, 0) is 33.5 Å². The number of esters is 1.